The van der Waals surface area contributed by atoms with Gasteiger partial charge in [0.15, 0.2) is 0 Å². The number of anilines is 2. The first-order valence-corrected chi connectivity index (χ1v) is 10.00. The second-order valence-corrected chi connectivity index (χ2v) is 6.79. The van der Waals surface area contributed by atoms with Crippen LogP contribution in [0.2, 0.25) is 0 Å². The molecule has 2 rings (SSSR count). The van der Waals surface area contributed by atoms with E-state index in [1.807, 2.05) is 0 Å². The van der Waals surface area contributed by atoms with Crippen LogP contribution in [0.3, 0.4) is 0 Å². The quantitative estimate of drug-likeness (QED) is 0.407. The Hall–Kier alpha value is -1.96. The molecule has 0 atom stereocenters. The topological polar surface area (TPSA) is 24.1 Å². The summed E-state index contributed by atoms with van der Waals surface area (Å²) in [6.45, 7) is 4.36. The van der Waals surface area contributed by atoms with Crippen molar-refractivity contribution >= 4 is 11.4 Å². The molecule has 2 aromatic rings. The highest BCUT2D eigenvalue weighted by Crippen LogP contribution is 2.14. The van der Waals surface area contributed by atoms with Gasteiger partial charge in [0.05, 0.1) is 0 Å². The van der Waals surface area contributed by atoms with Crippen LogP contribution in [-0.4, -0.2) is 13.1 Å². The molecule has 0 saturated carbocycles. The first-order valence-electron chi connectivity index (χ1n) is 10.00. The molecular formula is C23H34N2. The van der Waals surface area contributed by atoms with Crippen molar-refractivity contribution in [3.8, 4) is 0 Å². The van der Waals surface area contributed by atoms with Crippen molar-refractivity contribution in [2.45, 2.75) is 58.3 Å². The lowest BCUT2D eigenvalue weighted by atomic mass is 10.1. The molecule has 0 aliphatic heterocycles. The molecule has 0 bridgehead atoms. The van der Waals surface area contributed by atoms with Crippen LogP contribution in [0, 0.1) is 0 Å². The highest BCUT2D eigenvalue weighted by molar-refractivity contribution is 5.53. The third-order valence-electron chi connectivity index (χ3n) is 4.56. The third kappa shape index (κ3) is 8.62. The molecule has 0 fully saturated rings. The van der Waals surface area contributed by atoms with Crippen molar-refractivity contribution in [2.24, 2.45) is 0 Å². The van der Waals surface area contributed by atoms with Gasteiger partial charge in [0.25, 0.3) is 0 Å². The van der Waals surface area contributed by atoms with Crippen LogP contribution in [-0.2, 0) is 6.42 Å². The maximum atomic E-state index is 3.52. The van der Waals surface area contributed by atoms with Gasteiger partial charge in [-0.2, -0.15) is 0 Å². The third-order valence-corrected chi connectivity index (χ3v) is 4.56. The number of rotatable bonds is 13. The average molecular weight is 339 g/mol. The van der Waals surface area contributed by atoms with Crippen LogP contribution >= 0.6 is 0 Å². The minimum atomic E-state index is 1.01. The van der Waals surface area contributed by atoms with Gasteiger partial charge in [-0.3, -0.25) is 0 Å². The Balaban J connectivity index is 1.55. The zero-order chi connectivity index (χ0) is 17.6. The molecule has 0 aromatic heterocycles. The second kappa shape index (κ2) is 12.4. The summed E-state index contributed by atoms with van der Waals surface area (Å²) in [5.74, 6) is 0. The summed E-state index contributed by atoms with van der Waals surface area (Å²) in [4.78, 5) is 0. The monoisotopic (exact) mass is 338 g/mol. The minimum Gasteiger partial charge on any atom is -0.385 e. The summed E-state index contributed by atoms with van der Waals surface area (Å²) < 4.78 is 0. The van der Waals surface area contributed by atoms with Crippen LogP contribution in [0.25, 0.3) is 0 Å². The minimum absolute atomic E-state index is 1.01. The molecular weight excluding hydrogens is 304 g/mol. The Labute approximate surface area is 154 Å². The Morgan fingerprint density at radius 3 is 1.80 bits per heavy atom. The van der Waals surface area contributed by atoms with Crippen LogP contribution in [0.4, 0.5) is 11.4 Å². The van der Waals surface area contributed by atoms with E-state index in [0.717, 1.165) is 25.9 Å². The predicted octanol–water partition coefficient (Wildman–Crippen LogP) is 6.50. The molecule has 0 amide bonds. The van der Waals surface area contributed by atoms with Crippen molar-refractivity contribution in [3.63, 3.8) is 0 Å². The normalized spacial score (nSPS) is 10.6. The summed E-state index contributed by atoms with van der Waals surface area (Å²) in [6, 6.07) is 19.4. The van der Waals surface area contributed by atoms with Crippen molar-refractivity contribution in [2.75, 3.05) is 23.7 Å². The van der Waals surface area contributed by atoms with Gasteiger partial charge in [-0.05, 0) is 49.1 Å². The van der Waals surface area contributed by atoms with Gasteiger partial charge in [-0.1, -0.05) is 69.4 Å². The summed E-state index contributed by atoms with van der Waals surface area (Å²) in [7, 11) is 0. The number of hydrogen-bond acceptors (Lipinski definition) is 2. The maximum absolute atomic E-state index is 3.52. The van der Waals surface area contributed by atoms with E-state index in [4.69, 9.17) is 0 Å². The number of benzene rings is 2. The lowest BCUT2D eigenvalue weighted by molar-refractivity contribution is 0.617. The largest absolute Gasteiger partial charge is 0.385 e. The van der Waals surface area contributed by atoms with Crippen LogP contribution in [0.1, 0.15) is 57.4 Å². The zero-order valence-corrected chi connectivity index (χ0v) is 15.8. The molecule has 0 unspecified atom stereocenters. The van der Waals surface area contributed by atoms with E-state index in [-0.39, 0.29) is 0 Å². The van der Waals surface area contributed by atoms with E-state index in [9.17, 15) is 0 Å². The number of aryl methyl sites for hydroxylation is 1. The van der Waals surface area contributed by atoms with Crippen LogP contribution < -0.4 is 10.6 Å². The van der Waals surface area contributed by atoms with Crippen molar-refractivity contribution in [1.29, 1.82) is 0 Å². The van der Waals surface area contributed by atoms with E-state index in [2.05, 4.69) is 72.2 Å². The molecule has 25 heavy (non-hydrogen) atoms. The fourth-order valence-corrected chi connectivity index (χ4v) is 3.01. The molecule has 136 valence electrons. The fraction of sp³-hybridized carbons (Fsp3) is 0.478. The molecule has 0 heterocycles. The summed E-state index contributed by atoms with van der Waals surface area (Å²) >= 11 is 0. The smallest absolute Gasteiger partial charge is 0.0341 e. The van der Waals surface area contributed by atoms with E-state index in [1.165, 1.54) is 55.5 Å². The molecule has 2 N–H and O–H groups in total. The van der Waals surface area contributed by atoms with E-state index < -0.39 is 0 Å². The number of hydrogen-bond donors (Lipinski definition) is 2. The highest BCUT2D eigenvalue weighted by Gasteiger charge is 1.96. The maximum Gasteiger partial charge on any atom is 0.0341 e. The standard InChI is InChI=1S/C23H34N2/c1-2-3-4-5-6-10-19-24-22-15-17-23(18-16-22)25-20-11-14-21-12-8-7-9-13-21/h7-9,12-13,15-18,24-25H,2-6,10-11,14,19-20H2,1H3. The SMILES string of the molecule is CCCCCCCCNc1ccc(NCCCc2ccccc2)cc1. The molecule has 2 nitrogen and oxygen atoms in total. The number of unbranched alkanes of at least 4 members (excludes halogenated alkanes) is 5. The van der Waals surface area contributed by atoms with Gasteiger partial charge in [-0.25, -0.2) is 0 Å². The second-order valence-electron chi connectivity index (χ2n) is 6.79. The highest BCUT2D eigenvalue weighted by atomic mass is 14.9. The molecule has 0 radical (unpaired) electrons. The fourth-order valence-electron chi connectivity index (χ4n) is 3.01. The first-order chi connectivity index (χ1) is 12.4. The van der Waals surface area contributed by atoms with Gasteiger partial charge in [0.1, 0.15) is 0 Å². The molecule has 0 saturated heterocycles. The molecule has 0 spiro atoms. The summed E-state index contributed by atoms with van der Waals surface area (Å²) in [6.07, 6.45) is 10.4. The molecule has 0 aliphatic carbocycles. The lowest BCUT2D eigenvalue weighted by Crippen LogP contribution is -2.04. The zero-order valence-electron chi connectivity index (χ0n) is 15.8. The van der Waals surface area contributed by atoms with E-state index in [0.29, 0.717) is 0 Å². The van der Waals surface area contributed by atoms with Gasteiger partial charge < -0.3 is 10.6 Å². The summed E-state index contributed by atoms with van der Waals surface area (Å²) in [5.41, 5.74) is 3.85. The van der Waals surface area contributed by atoms with E-state index >= 15 is 0 Å². The number of nitrogens with one attached hydrogen (secondary N) is 2. The average Bonchev–Trinajstić information content (AvgIpc) is 2.66. The Morgan fingerprint density at radius 1 is 0.600 bits per heavy atom. The van der Waals surface area contributed by atoms with Gasteiger partial charge in [0.2, 0.25) is 0 Å². The molecule has 2 aromatic carbocycles. The van der Waals surface area contributed by atoms with Crippen molar-refractivity contribution < 1.29 is 0 Å². The van der Waals surface area contributed by atoms with Gasteiger partial charge >= 0.3 is 0 Å². The first kappa shape index (κ1) is 19.4. The van der Waals surface area contributed by atoms with Gasteiger partial charge in [0, 0.05) is 24.5 Å². The van der Waals surface area contributed by atoms with Crippen molar-refractivity contribution in [1.82, 2.24) is 0 Å². The lowest BCUT2D eigenvalue weighted by Gasteiger charge is -2.09. The molecule has 0 aliphatic rings. The van der Waals surface area contributed by atoms with Crippen LogP contribution in [0.15, 0.2) is 54.6 Å². The molecule has 2 heteroatoms. The summed E-state index contributed by atoms with van der Waals surface area (Å²) in [5, 5.41) is 7.03. The predicted molar refractivity (Wildman–Crippen MR) is 112 cm³/mol. The van der Waals surface area contributed by atoms with E-state index in [1.54, 1.807) is 0 Å². The Morgan fingerprint density at radius 2 is 1.16 bits per heavy atom. The van der Waals surface area contributed by atoms with Crippen molar-refractivity contribution in [3.05, 3.63) is 60.2 Å². The Kier molecular flexibility index (Phi) is 9.61. The van der Waals surface area contributed by atoms with Gasteiger partial charge in [-0.15, -0.1) is 0 Å². The Bertz CT molecular complexity index is 548. The van der Waals surface area contributed by atoms with Crippen LogP contribution in [0.5, 0.6) is 0 Å².